The van der Waals surface area contributed by atoms with Crippen LogP contribution in [0.4, 0.5) is 11.4 Å². The van der Waals surface area contributed by atoms with Crippen LogP contribution in [0.1, 0.15) is 10.4 Å². The van der Waals surface area contributed by atoms with Gasteiger partial charge in [-0.3, -0.25) is 14.5 Å². The Balaban J connectivity index is 1.93. The van der Waals surface area contributed by atoms with Gasteiger partial charge in [-0.25, -0.2) is 0 Å². The van der Waals surface area contributed by atoms with Crippen molar-refractivity contribution >= 4 is 17.3 Å². The maximum Gasteiger partial charge on any atom is 0.257 e. The van der Waals surface area contributed by atoms with Crippen molar-refractivity contribution in [1.29, 1.82) is 0 Å². The molecule has 0 saturated carbocycles. The van der Waals surface area contributed by atoms with Crippen LogP contribution in [0, 0.1) is 0 Å². The van der Waals surface area contributed by atoms with E-state index in [1.54, 1.807) is 36.4 Å². The third-order valence-corrected chi connectivity index (χ3v) is 3.24. The zero-order valence-corrected chi connectivity index (χ0v) is 12.0. The third-order valence-electron chi connectivity index (χ3n) is 3.24. The first-order chi connectivity index (χ1) is 10.6. The van der Waals surface area contributed by atoms with Crippen molar-refractivity contribution in [2.24, 2.45) is 7.05 Å². The lowest BCUT2D eigenvalue weighted by Gasteiger charge is -2.10. The summed E-state index contributed by atoms with van der Waals surface area (Å²) >= 11 is 0. The Morgan fingerprint density at radius 1 is 1.23 bits per heavy atom. The Morgan fingerprint density at radius 3 is 2.68 bits per heavy atom. The zero-order chi connectivity index (χ0) is 15.5. The number of aryl methyl sites for hydroxylation is 1. The van der Waals surface area contributed by atoms with E-state index in [1.165, 1.54) is 0 Å². The van der Waals surface area contributed by atoms with Gasteiger partial charge in [-0.15, -0.1) is 0 Å². The van der Waals surface area contributed by atoms with Crippen LogP contribution >= 0.6 is 0 Å². The molecule has 0 saturated heterocycles. The molecule has 2 heterocycles. The minimum Gasteiger partial charge on any atom is -0.396 e. The molecule has 0 radical (unpaired) electrons. The molecule has 0 aliphatic rings. The highest BCUT2D eigenvalue weighted by Gasteiger charge is 2.15. The number of carbonyl (C=O) groups excluding carboxylic acids is 1. The summed E-state index contributed by atoms with van der Waals surface area (Å²) in [4.78, 5) is 16.7. The summed E-state index contributed by atoms with van der Waals surface area (Å²) in [5, 5.41) is 6.78. The van der Waals surface area contributed by atoms with Crippen molar-refractivity contribution in [3.05, 3.63) is 60.6 Å². The van der Waals surface area contributed by atoms with Crippen LogP contribution in [-0.4, -0.2) is 20.7 Å². The van der Waals surface area contributed by atoms with E-state index >= 15 is 0 Å². The average molecular weight is 293 g/mol. The molecule has 6 nitrogen and oxygen atoms in total. The largest absolute Gasteiger partial charge is 0.396 e. The summed E-state index contributed by atoms with van der Waals surface area (Å²) in [6.45, 7) is 0. The second kappa shape index (κ2) is 5.69. The number of nitrogens with one attached hydrogen (secondary N) is 1. The lowest BCUT2D eigenvalue weighted by molar-refractivity contribution is 0.102. The molecule has 22 heavy (non-hydrogen) atoms. The lowest BCUT2D eigenvalue weighted by Crippen LogP contribution is -2.14. The molecule has 3 rings (SSSR count). The van der Waals surface area contributed by atoms with Crippen molar-refractivity contribution in [3.8, 4) is 11.3 Å². The topological polar surface area (TPSA) is 85.8 Å². The maximum atomic E-state index is 12.4. The molecular formula is C16H15N5O. The van der Waals surface area contributed by atoms with Gasteiger partial charge < -0.3 is 11.1 Å². The summed E-state index contributed by atoms with van der Waals surface area (Å²) in [6, 6.07) is 11.1. The average Bonchev–Trinajstić information content (AvgIpc) is 2.93. The molecule has 1 amide bonds. The molecule has 0 fully saturated rings. The van der Waals surface area contributed by atoms with Gasteiger partial charge in [0, 0.05) is 25.0 Å². The van der Waals surface area contributed by atoms with Crippen molar-refractivity contribution in [3.63, 3.8) is 0 Å². The molecule has 0 spiro atoms. The van der Waals surface area contributed by atoms with Crippen LogP contribution in [0.15, 0.2) is 55.0 Å². The molecule has 0 aliphatic carbocycles. The van der Waals surface area contributed by atoms with Gasteiger partial charge in [-0.1, -0.05) is 30.3 Å². The predicted molar refractivity (Wildman–Crippen MR) is 85.2 cm³/mol. The first kappa shape index (κ1) is 13.8. The van der Waals surface area contributed by atoms with Crippen LogP contribution in [0.3, 0.4) is 0 Å². The van der Waals surface area contributed by atoms with Gasteiger partial charge in [-0.2, -0.15) is 5.10 Å². The number of nitrogens with zero attached hydrogens (tertiary/aromatic N) is 3. The Kier molecular flexibility index (Phi) is 3.57. The smallest absolute Gasteiger partial charge is 0.257 e. The SMILES string of the molecule is Cn1cc(NC(=O)c2ccnc(-c3ccccc3)c2N)cn1. The van der Waals surface area contributed by atoms with E-state index in [-0.39, 0.29) is 5.91 Å². The number of hydrogen-bond donors (Lipinski definition) is 2. The fraction of sp³-hybridized carbons (Fsp3) is 0.0625. The maximum absolute atomic E-state index is 12.4. The van der Waals surface area contributed by atoms with Gasteiger partial charge in [0.15, 0.2) is 0 Å². The number of carbonyl (C=O) groups is 1. The van der Waals surface area contributed by atoms with Crippen LogP contribution in [0.5, 0.6) is 0 Å². The summed E-state index contributed by atoms with van der Waals surface area (Å²) in [7, 11) is 1.78. The van der Waals surface area contributed by atoms with Gasteiger partial charge in [0.1, 0.15) is 0 Å². The standard InChI is InChI=1S/C16H15N5O/c1-21-10-12(9-19-21)20-16(22)13-7-8-18-15(14(13)17)11-5-3-2-4-6-11/h2-10H,17H2,1H3,(H,20,22). The third kappa shape index (κ3) is 2.67. The van der Waals surface area contributed by atoms with E-state index in [0.717, 1.165) is 5.56 Å². The van der Waals surface area contributed by atoms with Gasteiger partial charge in [0.25, 0.3) is 5.91 Å². The lowest BCUT2D eigenvalue weighted by atomic mass is 10.1. The highest BCUT2D eigenvalue weighted by Crippen LogP contribution is 2.26. The van der Waals surface area contributed by atoms with Gasteiger partial charge in [0.05, 0.1) is 28.8 Å². The fourth-order valence-corrected chi connectivity index (χ4v) is 2.18. The van der Waals surface area contributed by atoms with Gasteiger partial charge in [0.2, 0.25) is 0 Å². The second-order valence-corrected chi connectivity index (χ2v) is 4.84. The molecule has 0 bridgehead atoms. The predicted octanol–water partition coefficient (Wildman–Crippen LogP) is 2.32. The fourth-order valence-electron chi connectivity index (χ4n) is 2.18. The minimum atomic E-state index is -0.287. The molecule has 6 heteroatoms. The number of anilines is 2. The van der Waals surface area contributed by atoms with Crippen LogP contribution in [0.2, 0.25) is 0 Å². The number of rotatable bonds is 3. The molecule has 3 aromatic rings. The highest BCUT2D eigenvalue weighted by molar-refractivity contribution is 6.09. The van der Waals surface area contributed by atoms with E-state index in [2.05, 4.69) is 15.4 Å². The number of nitrogen functional groups attached to an aromatic ring is 1. The van der Waals surface area contributed by atoms with Crippen molar-refractivity contribution < 1.29 is 4.79 Å². The molecule has 110 valence electrons. The summed E-state index contributed by atoms with van der Waals surface area (Å²) < 4.78 is 1.61. The normalized spacial score (nSPS) is 10.4. The molecular weight excluding hydrogens is 278 g/mol. The van der Waals surface area contributed by atoms with E-state index in [0.29, 0.717) is 22.6 Å². The van der Waals surface area contributed by atoms with E-state index < -0.39 is 0 Å². The Labute approximate surface area is 127 Å². The van der Waals surface area contributed by atoms with Crippen molar-refractivity contribution in [2.45, 2.75) is 0 Å². The first-order valence-corrected chi connectivity index (χ1v) is 6.75. The molecule has 0 aliphatic heterocycles. The monoisotopic (exact) mass is 293 g/mol. The van der Waals surface area contributed by atoms with Gasteiger partial charge >= 0.3 is 0 Å². The first-order valence-electron chi connectivity index (χ1n) is 6.75. The molecule has 3 N–H and O–H groups in total. The Bertz CT molecular complexity index is 810. The number of hydrogen-bond acceptors (Lipinski definition) is 4. The van der Waals surface area contributed by atoms with Crippen molar-refractivity contribution in [2.75, 3.05) is 11.1 Å². The number of amides is 1. The molecule has 0 unspecified atom stereocenters. The quantitative estimate of drug-likeness (QED) is 0.776. The van der Waals surface area contributed by atoms with Crippen LogP contribution in [-0.2, 0) is 7.05 Å². The molecule has 2 aromatic heterocycles. The Morgan fingerprint density at radius 2 is 2.00 bits per heavy atom. The zero-order valence-electron chi connectivity index (χ0n) is 12.0. The summed E-state index contributed by atoms with van der Waals surface area (Å²) in [6.07, 6.45) is 4.87. The van der Waals surface area contributed by atoms with Crippen LogP contribution in [0.25, 0.3) is 11.3 Å². The Hall–Kier alpha value is -3.15. The minimum absolute atomic E-state index is 0.287. The van der Waals surface area contributed by atoms with E-state index in [4.69, 9.17) is 5.73 Å². The van der Waals surface area contributed by atoms with E-state index in [9.17, 15) is 4.79 Å². The number of nitrogens with two attached hydrogens (primary N) is 1. The summed E-state index contributed by atoms with van der Waals surface area (Å²) in [5.74, 6) is -0.287. The summed E-state index contributed by atoms with van der Waals surface area (Å²) in [5.41, 5.74) is 8.96. The number of pyridine rings is 1. The molecule has 1 aromatic carbocycles. The number of aromatic nitrogens is 3. The highest BCUT2D eigenvalue weighted by atomic mass is 16.1. The molecule has 0 atom stereocenters. The van der Waals surface area contributed by atoms with Crippen LogP contribution < -0.4 is 11.1 Å². The number of benzene rings is 1. The van der Waals surface area contributed by atoms with E-state index in [1.807, 2.05) is 30.3 Å². The van der Waals surface area contributed by atoms with Gasteiger partial charge in [-0.05, 0) is 6.07 Å². The second-order valence-electron chi connectivity index (χ2n) is 4.84. The van der Waals surface area contributed by atoms with Crippen molar-refractivity contribution in [1.82, 2.24) is 14.8 Å².